The number of nitrogens with zero attached hydrogens (tertiary/aromatic N) is 1. The van der Waals surface area contributed by atoms with Gasteiger partial charge in [0, 0.05) is 17.4 Å². The highest BCUT2D eigenvalue weighted by Gasteiger charge is 2.19. The van der Waals surface area contributed by atoms with Crippen molar-refractivity contribution >= 4 is 34.8 Å². The SMILES string of the molecule is Cc1ccnc(Cl)c1NC(=O)c1ccc2c(c1)CC(=O)N2. The first-order chi connectivity index (χ1) is 10.0. The lowest BCUT2D eigenvalue weighted by atomic mass is 10.1. The Kier molecular flexibility index (Phi) is 3.35. The normalized spacial score (nSPS) is 12.8. The van der Waals surface area contributed by atoms with E-state index in [2.05, 4.69) is 15.6 Å². The van der Waals surface area contributed by atoms with Gasteiger partial charge in [-0.15, -0.1) is 0 Å². The van der Waals surface area contributed by atoms with E-state index in [1.54, 1.807) is 30.5 Å². The predicted octanol–water partition coefficient (Wildman–Crippen LogP) is 2.79. The van der Waals surface area contributed by atoms with Gasteiger partial charge in [0.25, 0.3) is 5.91 Å². The van der Waals surface area contributed by atoms with Gasteiger partial charge in [0.15, 0.2) is 5.15 Å². The summed E-state index contributed by atoms with van der Waals surface area (Å²) >= 11 is 5.99. The number of hydrogen-bond acceptors (Lipinski definition) is 3. The molecular formula is C15H12ClN3O2. The van der Waals surface area contributed by atoms with Crippen molar-refractivity contribution < 1.29 is 9.59 Å². The maximum absolute atomic E-state index is 12.3. The second kappa shape index (κ2) is 5.18. The Balaban J connectivity index is 1.87. The number of carbonyl (C=O) groups excluding carboxylic acids is 2. The zero-order valence-corrected chi connectivity index (χ0v) is 12.0. The summed E-state index contributed by atoms with van der Waals surface area (Å²) in [5, 5.41) is 5.74. The molecule has 3 rings (SSSR count). The highest BCUT2D eigenvalue weighted by molar-refractivity contribution is 6.32. The average Bonchev–Trinajstić information content (AvgIpc) is 2.81. The second-order valence-electron chi connectivity index (χ2n) is 4.84. The standard InChI is InChI=1S/C15H12ClN3O2/c1-8-4-5-17-14(16)13(8)19-15(21)9-2-3-11-10(6-9)7-12(20)18-11/h2-6H,7H2,1H3,(H,18,20)(H,19,21). The molecular weight excluding hydrogens is 290 g/mol. The lowest BCUT2D eigenvalue weighted by molar-refractivity contribution is -0.115. The van der Waals surface area contributed by atoms with Crippen LogP contribution in [0.1, 0.15) is 21.5 Å². The predicted molar refractivity (Wildman–Crippen MR) is 80.7 cm³/mol. The minimum atomic E-state index is -0.282. The Bertz CT molecular complexity index is 738. The number of aryl methyl sites for hydroxylation is 1. The van der Waals surface area contributed by atoms with Crippen LogP contribution >= 0.6 is 11.6 Å². The van der Waals surface area contributed by atoms with Gasteiger partial charge >= 0.3 is 0 Å². The lowest BCUT2D eigenvalue weighted by Crippen LogP contribution is -2.13. The number of pyridine rings is 1. The van der Waals surface area contributed by atoms with Crippen LogP contribution < -0.4 is 10.6 Å². The maximum Gasteiger partial charge on any atom is 0.255 e. The van der Waals surface area contributed by atoms with Crippen molar-refractivity contribution in [2.24, 2.45) is 0 Å². The van der Waals surface area contributed by atoms with E-state index in [1.165, 1.54) is 0 Å². The van der Waals surface area contributed by atoms with Gasteiger partial charge in [0.05, 0.1) is 12.1 Å². The first kappa shape index (κ1) is 13.6. The number of hydrogen-bond donors (Lipinski definition) is 2. The summed E-state index contributed by atoms with van der Waals surface area (Å²) in [6.07, 6.45) is 1.88. The lowest BCUT2D eigenvalue weighted by Gasteiger charge is -2.10. The van der Waals surface area contributed by atoms with E-state index in [0.29, 0.717) is 17.7 Å². The maximum atomic E-state index is 12.3. The molecule has 0 fully saturated rings. The summed E-state index contributed by atoms with van der Waals surface area (Å²) in [6, 6.07) is 6.88. The number of halogens is 1. The Morgan fingerprint density at radius 1 is 1.38 bits per heavy atom. The van der Waals surface area contributed by atoms with Gasteiger partial charge in [-0.05, 0) is 42.3 Å². The van der Waals surface area contributed by atoms with Gasteiger partial charge < -0.3 is 10.6 Å². The van der Waals surface area contributed by atoms with Crippen LogP contribution in [0.3, 0.4) is 0 Å². The number of nitrogens with one attached hydrogen (secondary N) is 2. The van der Waals surface area contributed by atoms with E-state index in [0.717, 1.165) is 16.8 Å². The molecule has 6 heteroatoms. The summed E-state index contributed by atoms with van der Waals surface area (Å²) < 4.78 is 0. The number of anilines is 2. The van der Waals surface area contributed by atoms with Gasteiger partial charge in [-0.25, -0.2) is 4.98 Å². The molecule has 1 aliphatic heterocycles. The minimum Gasteiger partial charge on any atom is -0.326 e. The topological polar surface area (TPSA) is 71.1 Å². The first-order valence-corrected chi connectivity index (χ1v) is 6.77. The molecule has 0 atom stereocenters. The highest BCUT2D eigenvalue weighted by Crippen LogP contribution is 2.26. The third kappa shape index (κ3) is 2.60. The summed E-state index contributed by atoms with van der Waals surface area (Å²) in [5.41, 5.74) is 3.39. The van der Waals surface area contributed by atoms with E-state index in [1.807, 2.05) is 6.92 Å². The number of carbonyl (C=O) groups is 2. The average molecular weight is 302 g/mol. The van der Waals surface area contributed by atoms with Crippen molar-refractivity contribution in [3.8, 4) is 0 Å². The second-order valence-corrected chi connectivity index (χ2v) is 5.20. The van der Waals surface area contributed by atoms with Crippen molar-refractivity contribution in [3.05, 3.63) is 52.3 Å². The van der Waals surface area contributed by atoms with Crippen LogP contribution in [-0.4, -0.2) is 16.8 Å². The van der Waals surface area contributed by atoms with Crippen molar-refractivity contribution in [1.29, 1.82) is 0 Å². The fourth-order valence-electron chi connectivity index (χ4n) is 2.23. The van der Waals surface area contributed by atoms with Gasteiger partial charge in [-0.1, -0.05) is 11.6 Å². The third-order valence-electron chi connectivity index (χ3n) is 3.34. The Labute approximate surface area is 126 Å². The van der Waals surface area contributed by atoms with Gasteiger partial charge in [-0.3, -0.25) is 9.59 Å². The number of aromatic nitrogens is 1. The molecule has 21 heavy (non-hydrogen) atoms. The molecule has 1 aromatic carbocycles. The molecule has 2 amide bonds. The number of amides is 2. The van der Waals surface area contributed by atoms with Crippen molar-refractivity contribution in [2.45, 2.75) is 13.3 Å². The molecule has 0 radical (unpaired) electrons. The number of rotatable bonds is 2. The summed E-state index contributed by atoms with van der Waals surface area (Å²) in [5.74, 6) is -0.344. The summed E-state index contributed by atoms with van der Waals surface area (Å²) in [4.78, 5) is 27.6. The van der Waals surface area contributed by atoms with Crippen LogP contribution in [0.15, 0.2) is 30.5 Å². The Morgan fingerprint density at radius 3 is 2.95 bits per heavy atom. The van der Waals surface area contributed by atoms with Gasteiger partial charge in [0.1, 0.15) is 0 Å². The zero-order chi connectivity index (χ0) is 15.0. The molecule has 5 nitrogen and oxygen atoms in total. The van der Waals surface area contributed by atoms with Crippen LogP contribution in [0.4, 0.5) is 11.4 Å². The Morgan fingerprint density at radius 2 is 2.19 bits per heavy atom. The molecule has 2 aromatic rings. The van der Waals surface area contributed by atoms with Crippen molar-refractivity contribution in [2.75, 3.05) is 10.6 Å². The van der Waals surface area contributed by atoms with E-state index in [4.69, 9.17) is 11.6 Å². The number of fused-ring (bicyclic) bond motifs is 1. The summed E-state index contributed by atoms with van der Waals surface area (Å²) in [7, 11) is 0. The van der Waals surface area contributed by atoms with Crippen LogP contribution in [0.5, 0.6) is 0 Å². The molecule has 0 unspecified atom stereocenters. The van der Waals surface area contributed by atoms with Crippen molar-refractivity contribution in [3.63, 3.8) is 0 Å². The van der Waals surface area contributed by atoms with Gasteiger partial charge in [-0.2, -0.15) is 0 Å². The molecule has 0 bridgehead atoms. The Hall–Kier alpha value is -2.40. The minimum absolute atomic E-state index is 0.0614. The van der Waals surface area contributed by atoms with E-state index in [9.17, 15) is 9.59 Å². The van der Waals surface area contributed by atoms with Crippen LogP contribution in [0, 0.1) is 6.92 Å². The quantitative estimate of drug-likeness (QED) is 0.838. The largest absolute Gasteiger partial charge is 0.326 e. The fraction of sp³-hybridized carbons (Fsp3) is 0.133. The molecule has 106 valence electrons. The molecule has 1 aromatic heterocycles. The van der Waals surface area contributed by atoms with E-state index < -0.39 is 0 Å². The molecule has 0 saturated carbocycles. The first-order valence-electron chi connectivity index (χ1n) is 6.40. The molecule has 0 aliphatic carbocycles. The van der Waals surface area contributed by atoms with Crippen LogP contribution in [0.2, 0.25) is 5.15 Å². The summed E-state index contributed by atoms with van der Waals surface area (Å²) in [6.45, 7) is 1.84. The van der Waals surface area contributed by atoms with Crippen molar-refractivity contribution in [1.82, 2.24) is 4.98 Å². The fourth-order valence-corrected chi connectivity index (χ4v) is 2.48. The molecule has 0 saturated heterocycles. The molecule has 2 N–H and O–H groups in total. The molecule has 2 heterocycles. The zero-order valence-electron chi connectivity index (χ0n) is 11.2. The monoisotopic (exact) mass is 301 g/mol. The third-order valence-corrected chi connectivity index (χ3v) is 3.63. The molecule has 1 aliphatic rings. The smallest absolute Gasteiger partial charge is 0.255 e. The highest BCUT2D eigenvalue weighted by atomic mass is 35.5. The molecule has 0 spiro atoms. The number of benzene rings is 1. The van der Waals surface area contributed by atoms with E-state index in [-0.39, 0.29) is 17.0 Å². The van der Waals surface area contributed by atoms with Gasteiger partial charge in [0.2, 0.25) is 5.91 Å². The van der Waals surface area contributed by atoms with E-state index >= 15 is 0 Å². The van der Waals surface area contributed by atoms with Crippen LogP contribution in [-0.2, 0) is 11.2 Å². The van der Waals surface area contributed by atoms with Crippen LogP contribution in [0.25, 0.3) is 0 Å².